The second-order valence-corrected chi connectivity index (χ2v) is 8.36. The number of aliphatic hydroxyl groups is 4. The standard InChI is InChI=1S/C21H26O9/c1-9-5-13(23)15-12(4-3-11-6-21(9,15)30-19(27)10(11)2)8-28-20-18(26)17(25)16(24)14(7-22)29-20/h5,11,14,16-18,20,22,24-26H,2-4,6-8H2,1H3. The molecule has 2 heterocycles. The molecule has 30 heavy (non-hydrogen) atoms. The van der Waals surface area contributed by atoms with E-state index in [9.17, 15) is 30.0 Å². The molecule has 7 atom stereocenters. The molecule has 0 amide bonds. The third kappa shape index (κ3) is 3.17. The normalized spacial score (nSPS) is 41.4. The molecule has 4 rings (SSSR count). The van der Waals surface area contributed by atoms with Crippen LogP contribution in [0.4, 0.5) is 0 Å². The summed E-state index contributed by atoms with van der Waals surface area (Å²) in [4.78, 5) is 25.2. The lowest BCUT2D eigenvalue weighted by Gasteiger charge is -2.40. The number of esters is 1. The van der Waals surface area contributed by atoms with Crippen molar-refractivity contribution in [2.24, 2.45) is 5.92 Å². The van der Waals surface area contributed by atoms with E-state index in [-0.39, 0.29) is 18.3 Å². The van der Waals surface area contributed by atoms with Crippen LogP contribution in [0, 0.1) is 5.92 Å². The molecule has 1 spiro atoms. The number of aliphatic hydroxyl groups excluding tert-OH is 4. The van der Waals surface area contributed by atoms with Gasteiger partial charge in [-0.25, -0.2) is 4.79 Å². The molecule has 2 aliphatic heterocycles. The molecule has 4 N–H and O–H groups in total. The van der Waals surface area contributed by atoms with Crippen LogP contribution in [0.3, 0.4) is 0 Å². The van der Waals surface area contributed by atoms with Crippen LogP contribution in [-0.2, 0) is 23.8 Å². The molecule has 2 saturated heterocycles. The molecule has 2 aliphatic carbocycles. The lowest BCUT2D eigenvalue weighted by molar-refractivity contribution is -0.299. The van der Waals surface area contributed by atoms with Crippen LogP contribution >= 0.6 is 0 Å². The molecule has 0 aromatic heterocycles. The number of rotatable bonds is 4. The fourth-order valence-electron chi connectivity index (χ4n) is 4.82. The number of hydrogen-bond donors (Lipinski definition) is 4. The number of ketones is 1. The highest BCUT2D eigenvalue weighted by molar-refractivity contribution is 6.11. The minimum Gasteiger partial charge on any atom is -0.446 e. The monoisotopic (exact) mass is 422 g/mol. The van der Waals surface area contributed by atoms with Crippen molar-refractivity contribution in [3.8, 4) is 0 Å². The Hall–Kier alpha value is -1.88. The van der Waals surface area contributed by atoms with Gasteiger partial charge in [0.15, 0.2) is 17.7 Å². The van der Waals surface area contributed by atoms with E-state index in [1.807, 2.05) is 0 Å². The van der Waals surface area contributed by atoms with Gasteiger partial charge in [0.05, 0.1) is 13.2 Å². The second-order valence-electron chi connectivity index (χ2n) is 8.36. The summed E-state index contributed by atoms with van der Waals surface area (Å²) in [6.07, 6.45) is -4.02. The van der Waals surface area contributed by atoms with Crippen LogP contribution in [0.5, 0.6) is 0 Å². The second kappa shape index (κ2) is 7.67. The quantitative estimate of drug-likeness (QED) is 0.341. The Morgan fingerprint density at radius 1 is 1.23 bits per heavy atom. The Balaban J connectivity index is 1.61. The molecular weight excluding hydrogens is 396 g/mol. The Morgan fingerprint density at radius 3 is 2.67 bits per heavy atom. The van der Waals surface area contributed by atoms with Crippen molar-refractivity contribution in [3.05, 3.63) is 34.9 Å². The van der Waals surface area contributed by atoms with Crippen molar-refractivity contribution in [1.29, 1.82) is 0 Å². The number of fused-ring (bicyclic) bond motifs is 1. The van der Waals surface area contributed by atoms with Crippen molar-refractivity contribution in [3.63, 3.8) is 0 Å². The number of carbonyl (C=O) groups is 2. The topological polar surface area (TPSA) is 143 Å². The van der Waals surface area contributed by atoms with E-state index >= 15 is 0 Å². The fourth-order valence-corrected chi connectivity index (χ4v) is 4.82. The number of hydrogen-bond acceptors (Lipinski definition) is 9. The summed E-state index contributed by atoms with van der Waals surface area (Å²) >= 11 is 0. The van der Waals surface area contributed by atoms with E-state index in [0.29, 0.717) is 41.6 Å². The summed E-state index contributed by atoms with van der Waals surface area (Å²) in [6, 6.07) is 0. The van der Waals surface area contributed by atoms with E-state index in [1.165, 1.54) is 6.08 Å². The van der Waals surface area contributed by atoms with Crippen molar-refractivity contribution in [2.45, 2.75) is 62.5 Å². The van der Waals surface area contributed by atoms with Crippen LogP contribution < -0.4 is 0 Å². The van der Waals surface area contributed by atoms with Crippen LogP contribution in [0.25, 0.3) is 0 Å². The van der Waals surface area contributed by atoms with E-state index in [1.54, 1.807) is 6.92 Å². The largest absolute Gasteiger partial charge is 0.446 e. The maximum atomic E-state index is 12.8. The van der Waals surface area contributed by atoms with Gasteiger partial charge in [-0.1, -0.05) is 6.58 Å². The van der Waals surface area contributed by atoms with Gasteiger partial charge in [0, 0.05) is 17.6 Å². The maximum Gasteiger partial charge on any atom is 0.334 e. The van der Waals surface area contributed by atoms with Gasteiger partial charge in [-0.3, -0.25) is 4.79 Å². The van der Waals surface area contributed by atoms with Gasteiger partial charge >= 0.3 is 5.97 Å². The number of allylic oxidation sites excluding steroid dienone is 1. The molecule has 0 aromatic rings. The third-order valence-electron chi connectivity index (χ3n) is 6.61. The molecule has 9 nitrogen and oxygen atoms in total. The molecule has 0 aromatic carbocycles. The third-order valence-corrected chi connectivity index (χ3v) is 6.61. The van der Waals surface area contributed by atoms with E-state index in [4.69, 9.17) is 14.2 Å². The molecule has 0 saturated carbocycles. The zero-order valence-corrected chi connectivity index (χ0v) is 16.6. The van der Waals surface area contributed by atoms with Crippen molar-refractivity contribution in [1.82, 2.24) is 0 Å². The zero-order valence-electron chi connectivity index (χ0n) is 16.6. The Labute approximate surface area is 173 Å². The highest BCUT2D eigenvalue weighted by atomic mass is 16.7. The lowest BCUT2D eigenvalue weighted by Crippen LogP contribution is -2.59. The summed E-state index contributed by atoms with van der Waals surface area (Å²) in [6.45, 7) is 4.92. The predicted octanol–water partition coefficient (Wildman–Crippen LogP) is -0.720. The van der Waals surface area contributed by atoms with Crippen LogP contribution in [0.15, 0.2) is 34.9 Å². The molecule has 0 radical (unpaired) electrons. The van der Waals surface area contributed by atoms with Gasteiger partial charge in [0.25, 0.3) is 0 Å². The van der Waals surface area contributed by atoms with Crippen molar-refractivity contribution >= 4 is 11.8 Å². The first kappa shape index (κ1) is 21.4. The zero-order chi connectivity index (χ0) is 21.8. The summed E-state index contributed by atoms with van der Waals surface area (Å²) in [7, 11) is 0. The smallest absolute Gasteiger partial charge is 0.334 e. The molecule has 2 fully saturated rings. The molecule has 9 heteroatoms. The Morgan fingerprint density at radius 2 is 1.97 bits per heavy atom. The maximum absolute atomic E-state index is 12.8. The summed E-state index contributed by atoms with van der Waals surface area (Å²) in [5.74, 6) is -0.886. The van der Waals surface area contributed by atoms with Crippen LogP contribution in [0.2, 0.25) is 0 Å². The van der Waals surface area contributed by atoms with Gasteiger partial charge in [-0.15, -0.1) is 0 Å². The fraction of sp³-hybridized carbons (Fsp3) is 0.619. The van der Waals surface area contributed by atoms with E-state index in [2.05, 4.69) is 6.58 Å². The van der Waals surface area contributed by atoms with Crippen molar-refractivity contribution < 1.29 is 44.2 Å². The van der Waals surface area contributed by atoms with Crippen LogP contribution in [0.1, 0.15) is 26.2 Å². The van der Waals surface area contributed by atoms with Crippen LogP contribution in [-0.4, -0.2) is 81.7 Å². The van der Waals surface area contributed by atoms with Gasteiger partial charge in [0.2, 0.25) is 0 Å². The van der Waals surface area contributed by atoms with Gasteiger partial charge in [0.1, 0.15) is 24.4 Å². The lowest BCUT2D eigenvalue weighted by atomic mass is 9.78. The average molecular weight is 422 g/mol. The highest BCUT2D eigenvalue weighted by Crippen LogP contribution is 2.51. The average Bonchev–Trinajstić information content (AvgIpc) is 2.86. The summed E-state index contributed by atoms with van der Waals surface area (Å²) in [5, 5.41) is 39.4. The molecule has 4 aliphatic rings. The number of carbonyl (C=O) groups excluding carboxylic acids is 2. The molecular formula is C21H26O9. The highest BCUT2D eigenvalue weighted by Gasteiger charge is 2.55. The van der Waals surface area contributed by atoms with Gasteiger partial charge < -0.3 is 34.6 Å². The molecule has 7 unspecified atom stereocenters. The first-order valence-corrected chi connectivity index (χ1v) is 9.99. The molecule has 2 bridgehead atoms. The minimum absolute atomic E-state index is 0.108. The Bertz CT molecular complexity index is 841. The minimum atomic E-state index is -1.56. The summed E-state index contributed by atoms with van der Waals surface area (Å²) < 4.78 is 16.8. The van der Waals surface area contributed by atoms with Crippen molar-refractivity contribution in [2.75, 3.05) is 13.2 Å². The summed E-state index contributed by atoms with van der Waals surface area (Å²) in [5.41, 5.74) is 0.900. The van der Waals surface area contributed by atoms with Gasteiger partial charge in [-0.2, -0.15) is 0 Å². The SMILES string of the molecule is C=C1C(=O)OC23CC1CCC(COC1OC(CO)C(O)C(O)C1O)=C2C(=O)C=C3C. The van der Waals surface area contributed by atoms with Gasteiger partial charge in [-0.05, 0) is 42.9 Å². The van der Waals surface area contributed by atoms with E-state index in [0.717, 1.165) is 0 Å². The molecule has 164 valence electrons. The first-order valence-electron chi connectivity index (χ1n) is 9.99. The Kier molecular flexibility index (Phi) is 5.46. The first-order chi connectivity index (χ1) is 14.2. The predicted molar refractivity (Wildman–Crippen MR) is 101 cm³/mol. The van der Waals surface area contributed by atoms with E-state index < -0.39 is 48.9 Å². The number of ether oxygens (including phenoxy) is 3.